The van der Waals surface area contributed by atoms with Crippen molar-refractivity contribution in [2.24, 2.45) is 5.73 Å². The summed E-state index contributed by atoms with van der Waals surface area (Å²) in [6, 6.07) is 11.2. The molecule has 0 fully saturated rings. The van der Waals surface area contributed by atoms with Crippen molar-refractivity contribution in [3.05, 3.63) is 65.4 Å². The molecule has 4 rings (SSSR count). The first-order valence-corrected chi connectivity index (χ1v) is 9.05. The van der Waals surface area contributed by atoms with E-state index in [1.807, 2.05) is 35.7 Å². The van der Waals surface area contributed by atoms with Crippen LogP contribution in [0, 0.1) is 0 Å². The number of pyridine rings is 1. The molecular formula is C19H15N5O2S. The molecule has 1 aromatic carbocycles. The van der Waals surface area contributed by atoms with Crippen molar-refractivity contribution in [1.29, 1.82) is 0 Å². The van der Waals surface area contributed by atoms with Gasteiger partial charge in [0.05, 0.1) is 17.6 Å². The summed E-state index contributed by atoms with van der Waals surface area (Å²) in [6.07, 6.45) is 3.58. The number of nitrogens with two attached hydrogens (primary N) is 1. The molecule has 0 bridgehead atoms. The Kier molecular flexibility index (Phi) is 4.39. The summed E-state index contributed by atoms with van der Waals surface area (Å²) in [5.41, 5.74) is 8.63. The van der Waals surface area contributed by atoms with Gasteiger partial charge in [-0.3, -0.25) is 14.6 Å². The summed E-state index contributed by atoms with van der Waals surface area (Å²) in [5.74, 6) is -0.699. The topological polar surface area (TPSA) is 114 Å². The molecule has 0 saturated carbocycles. The number of H-pyrrole nitrogens is 1. The van der Waals surface area contributed by atoms with Crippen LogP contribution in [-0.2, 0) is 11.2 Å². The number of hydrogen-bond donors (Lipinski definition) is 3. The van der Waals surface area contributed by atoms with E-state index in [1.165, 1.54) is 11.3 Å². The first-order valence-electron chi connectivity index (χ1n) is 8.17. The number of primary amides is 1. The lowest BCUT2D eigenvalue weighted by Crippen LogP contribution is -2.14. The molecule has 0 aliphatic heterocycles. The average molecular weight is 377 g/mol. The average Bonchev–Trinajstić information content (AvgIpc) is 3.31. The van der Waals surface area contributed by atoms with Gasteiger partial charge in [0.25, 0.3) is 5.91 Å². The van der Waals surface area contributed by atoms with Gasteiger partial charge in [-0.25, -0.2) is 4.98 Å². The van der Waals surface area contributed by atoms with Crippen LogP contribution in [0.4, 0.5) is 5.13 Å². The minimum atomic E-state index is -0.534. The number of aromatic amines is 1. The van der Waals surface area contributed by atoms with E-state index in [0.29, 0.717) is 16.5 Å². The van der Waals surface area contributed by atoms with E-state index in [4.69, 9.17) is 5.73 Å². The summed E-state index contributed by atoms with van der Waals surface area (Å²) in [5, 5.41) is 6.11. The lowest BCUT2D eigenvalue weighted by Gasteiger charge is -2.05. The summed E-state index contributed by atoms with van der Waals surface area (Å²) < 4.78 is 0. The maximum absolute atomic E-state index is 12.4. The highest BCUT2D eigenvalue weighted by molar-refractivity contribution is 7.14. The number of anilines is 1. The number of thiazole rings is 1. The fourth-order valence-electron chi connectivity index (χ4n) is 2.79. The smallest absolute Gasteiger partial charge is 0.265 e. The van der Waals surface area contributed by atoms with Crippen molar-refractivity contribution in [2.45, 2.75) is 6.42 Å². The Labute approximate surface area is 158 Å². The molecule has 3 aromatic heterocycles. The van der Waals surface area contributed by atoms with Gasteiger partial charge in [0.1, 0.15) is 5.69 Å². The van der Waals surface area contributed by atoms with Gasteiger partial charge in [-0.1, -0.05) is 24.3 Å². The van der Waals surface area contributed by atoms with Gasteiger partial charge in [0, 0.05) is 28.7 Å². The molecule has 27 heavy (non-hydrogen) atoms. The van der Waals surface area contributed by atoms with Crippen molar-refractivity contribution >= 4 is 39.2 Å². The Morgan fingerprint density at radius 1 is 1.22 bits per heavy atom. The van der Waals surface area contributed by atoms with E-state index in [-0.39, 0.29) is 12.3 Å². The lowest BCUT2D eigenvalue weighted by atomic mass is 10.1. The molecule has 0 aliphatic carbocycles. The van der Waals surface area contributed by atoms with Crippen LogP contribution in [-0.4, -0.2) is 26.8 Å². The monoisotopic (exact) mass is 377 g/mol. The molecule has 0 aliphatic rings. The van der Waals surface area contributed by atoms with Gasteiger partial charge in [0.2, 0.25) is 5.91 Å². The van der Waals surface area contributed by atoms with Gasteiger partial charge in [-0.15, -0.1) is 11.3 Å². The van der Waals surface area contributed by atoms with Crippen LogP contribution in [0.5, 0.6) is 0 Å². The van der Waals surface area contributed by atoms with E-state index in [0.717, 1.165) is 22.0 Å². The lowest BCUT2D eigenvalue weighted by molar-refractivity contribution is -0.115. The molecule has 4 aromatic rings. The van der Waals surface area contributed by atoms with Crippen LogP contribution < -0.4 is 11.1 Å². The van der Waals surface area contributed by atoms with Gasteiger partial charge in [-0.2, -0.15) is 0 Å². The zero-order chi connectivity index (χ0) is 18.8. The van der Waals surface area contributed by atoms with E-state index < -0.39 is 5.91 Å². The third-order valence-electron chi connectivity index (χ3n) is 4.06. The number of aromatic nitrogens is 3. The van der Waals surface area contributed by atoms with Crippen LogP contribution in [0.25, 0.3) is 22.2 Å². The van der Waals surface area contributed by atoms with Crippen LogP contribution in [0.3, 0.4) is 0 Å². The van der Waals surface area contributed by atoms with E-state index in [1.54, 1.807) is 18.5 Å². The zero-order valence-electron chi connectivity index (χ0n) is 14.1. The third-order valence-corrected chi connectivity index (χ3v) is 4.82. The van der Waals surface area contributed by atoms with E-state index in [9.17, 15) is 9.59 Å². The number of fused-ring (bicyclic) bond motifs is 1. The van der Waals surface area contributed by atoms with Crippen LogP contribution in [0.2, 0.25) is 0 Å². The van der Waals surface area contributed by atoms with E-state index in [2.05, 4.69) is 20.3 Å². The van der Waals surface area contributed by atoms with Gasteiger partial charge >= 0.3 is 0 Å². The SMILES string of the molecule is NC(=O)c1cc(-c2csc(NC(=O)Cc3cccc4cccnc34)n2)c[nH]1. The number of hydrogen-bond acceptors (Lipinski definition) is 5. The number of amides is 2. The summed E-state index contributed by atoms with van der Waals surface area (Å²) in [7, 11) is 0. The van der Waals surface area contributed by atoms with Crippen LogP contribution >= 0.6 is 11.3 Å². The van der Waals surface area contributed by atoms with Crippen molar-refractivity contribution in [2.75, 3.05) is 5.32 Å². The Hall–Kier alpha value is -3.52. The zero-order valence-corrected chi connectivity index (χ0v) is 14.9. The van der Waals surface area contributed by atoms with Crippen molar-refractivity contribution < 1.29 is 9.59 Å². The number of carbonyl (C=O) groups is 2. The minimum Gasteiger partial charge on any atom is -0.364 e. The standard InChI is InChI=1S/C19H15N5O2S/c20-18(26)14-7-13(9-22-14)15-10-27-19(23-15)24-16(25)8-12-4-1-3-11-5-2-6-21-17(11)12/h1-7,9-10,22H,8H2,(H2,20,26)(H,23,24,25). The first kappa shape index (κ1) is 16.9. The van der Waals surface area contributed by atoms with E-state index >= 15 is 0 Å². The minimum absolute atomic E-state index is 0.166. The molecule has 8 heteroatoms. The Balaban J connectivity index is 1.48. The van der Waals surface area contributed by atoms with Crippen molar-refractivity contribution in [1.82, 2.24) is 15.0 Å². The highest BCUT2D eigenvalue weighted by atomic mass is 32.1. The summed E-state index contributed by atoms with van der Waals surface area (Å²) in [6.45, 7) is 0. The maximum atomic E-state index is 12.4. The Bertz CT molecular complexity index is 1140. The third kappa shape index (κ3) is 3.56. The largest absolute Gasteiger partial charge is 0.364 e. The number of nitrogens with one attached hydrogen (secondary N) is 2. The molecule has 0 saturated heterocycles. The Morgan fingerprint density at radius 3 is 2.89 bits per heavy atom. The van der Waals surface area contributed by atoms with Crippen molar-refractivity contribution in [3.8, 4) is 11.3 Å². The number of nitrogens with zero attached hydrogens (tertiary/aromatic N) is 2. The van der Waals surface area contributed by atoms with Gasteiger partial charge < -0.3 is 16.0 Å². The number of para-hydroxylation sites is 1. The maximum Gasteiger partial charge on any atom is 0.265 e. The number of carbonyl (C=O) groups excluding carboxylic acids is 2. The molecule has 0 radical (unpaired) electrons. The normalized spacial score (nSPS) is 10.8. The summed E-state index contributed by atoms with van der Waals surface area (Å²) in [4.78, 5) is 35.2. The quantitative estimate of drug-likeness (QED) is 0.496. The molecule has 3 heterocycles. The predicted molar refractivity (Wildman–Crippen MR) is 104 cm³/mol. The molecule has 0 atom stereocenters. The number of benzene rings is 1. The second-order valence-electron chi connectivity index (χ2n) is 5.92. The molecule has 134 valence electrons. The second-order valence-corrected chi connectivity index (χ2v) is 6.78. The molecule has 4 N–H and O–H groups in total. The molecule has 7 nitrogen and oxygen atoms in total. The Morgan fingerprint density at radius 2 is 2.07 bits per heavy atom. The van der Waals surface area contributed by atoms with Gasteiger partial charge in [-0.05, 0) is 17.7 Å². The fraction of sp³-hybridized carbons (Fsp3) is 0.0526. The summed E-state index contributed by atoms with van der Waals surface area (Å²) >= 11 is 1.32. The molecular weight excluding hydrogens is 362 g/mol. The highest BCUT2D eigenvalue weighted by Crippen LogP contribution is 2.26. The number of rotatable bonds is 5. The van der Waals surface area contributed by atoms with Crippen LogP contribution in [0.1, 0.15) is 16.1 Å². The molecule has 2 amide bonds. The first-order chi connectivity index (χ1) is 13.1. The molecule has 0 spiro atoms. The van der Waals surface area contributed by atoms with Crippen LogP contribution in [0.15, 0.2) is 54.2 Å². The van der Waals surface area contributed by atoms with Gasteiger partial charge in [0.15, 0.2) is 5.13 Å². The predicted octanol–water partition coefficient (Wildman–Crippen LogP) is 2.97. The van der Waals surface area contributed by atoms with Crippen molar-refractivity contribution in [3.63, 3.8) is 0 Å². The highest BCUT2D eigenvalue weighted by Gasteiger charge is 2.12. The second kappa shape index (κ2) is 7.00. The molecule has 0 unspecified atom stereocenters. The fourth-order valence-corrected chi connectivity index (χ4v) is 3.53.